The number of hydrogen-bond donors (Lipinski definition) is 2. The molecule has 1 unspecified atom stereocenters. The zero-order valence-electron chi connectivity index (χ0n) is 27.1. The van der Waals surface area contributed by atoms with Gasteiger partial charge in [-0.1, -0.05) is 121 Å². The summed E-state index contributed by atoms with van der Waals surface area (Å²) >= 11 is 0. The van der Waals surface area contributed by atoms with Gasteiger partial charge in [0.05, 0.1) is 11.4 Å². The van der Waals surface area contributed by atoms with Crippen molar-refractivity contribution in [2.75, 3.05) is 28.6 Å². The summed E-state index contributed by atoms with van der Waals surface area (Å²) in [5.41, 5.74) is 4.44. The number of anilines is 4. The van der Waals surface area contributed by atoms with E-state index in [9.17, 15) is 0 Å². The van der Waals surface area contributed by atoms with Crippen molar-refractivity contribution in [3.05, 3.63) is 48.5 Å². The second kappa shape index (κ2) is 17.3. The SMILES string of the molecule is CCCCCCCCCCCCCCCCC(C)Nc1cc2c(c3ccccc13)Nc1ccc(N(CC)CC)cc1O2. The average molecular weight is 572 g/mol. The Morgan fingerprint density at radius 1 is 0.690 bits per heavy atom. The first kappa shape index (κ1) is 32.0. The van der Waals surface area contributed by atoms with E-state index < -0.39 is 0 Å². The van der Waals surface area contributed by atoms with Crippen molar-refractivity contribution in [2.45, 2.75) is 130 Å². The van der Waals surface area contributed by atoms with E-state index in [4.69, 9.17) is 4.74 Å². The summed E-state index contributed by atoms with van der Waals surface area (Å²) in [6.07, 6.45) is 20.9. The zero-order valence-corrected chi connectivity index (χ0v) is 27.1. The van der Waals surface area contributed by atoms with Crippen LogP contribution in [0.5, 0.6) is 11.5 Å². The molecule has 4 heteroatoms. The monoisotopic (exact) mass is 571 g/mol. The number of benzene rings is 3. The maximum absolute atomic E-state index is 6.55. The topological polar surface area (TPSA) is 36.5 Å². The van der Waals surface area contributed by atoms with Crippen LogP contribution >= 0.6 is 0 Å². The van der Waals surface area contributed by atoms with Crippen molar-refractivity contribution < 1.29 is 4.74 Å². The van der Waals surface area contributed by atoms with Gasteiger partial charge in [0, 0.05) is 53.4 Å². The van der Waals surface area contributed by atoms with Gasteiger partial charge in [-0.05, 0) is 39.3 Å². The molecule has 4 rings (SSSR count). The van der Waals surface area contributed by atoms with Crippen LogP contribution in [0.2, 0.25) is 0 Å². The highest BCUT2D eigenvalue weighted by atomic mass is 16.5. The number of unbranched alkanes of at least 4 members (excludes halogenated alkanes) is 13. The Morgan fingerprint density at radius 2 is 1.29 bits per heavy atom. The first-order valence-corrected chi connectivity index (χ1v) is 17.3. The maximum Gasteiger partial charge on any atom is 0.153 e. The zero-order chi connectivity index (χ0) is 29.6. The van der Waals surface area contributed by atoms with Crippen molar-refractivity contribution in [1.82, 2.24) is 0 Å². The van der Waals surface area contributed by atoms with Gasteiger partial charge in [-0.25, -0.2) is 0 Å². The minimum Gasteiger partial charge on any atom is -0.453 e. The summed E-state index contributed by atoms with van der Waals surface area (Å²) in [6.45, 7) is 11.0. The molecule has 0 radical (unpaired) electrons. The predicted octanol–water partition coefficient (Wildman–Crippen LogP) is 12.2. The highest BCUT2D eigenvalue weighted by Crippen LogP contribution is 2.48. The van der Waals surface area contributed by atoms with Crippen LogP contribution in [0, 0.1) is 0 Å². The normalized spacial score (nSPS) is 12.8. The van der Waals surface area contributed by atoms with Crippen molar-refractivity contribution >= 4 is 33.5 Å². The molecule has 0 saturated carbocycles. The van der Waals surface area contributed by atoms with E-state index in [0.717, 1.165) is 41.7 Å². The first-order chi connectivity index (χ1) is 20.6. The number of nitrogens with zero attached hydrogens (tertiary/aromatic N) is 1. The number of ether oxygens (including phenoxy) is 1. The van der Waals surface area contributed by atoms with E-state index in [1.165, 1.54) is 113 Å². The van der Waals surface area contributed by atoms with Crippen molar-refractivity contribution in [1.29, 1.82) is 0 Å². The molecule has 0 aromatic heterocycles. The summed E-state index contributed by atoms with van der Waals surface area (Å²) in [5, 5.41) is 9.95. The molecule has 230 valence electrons. The van der Waals surface area contributed by atoms with Crippen molar-refractivity contribution in [2.24, 2.45) is 0 Å². The molecular weight excluding hydrogens is 514 g/mol. The van der Waals surface area contributed by atoms with Crippen molar-refractivity contribution in [3.8, 4) is 11.5 Å². The van der Waals surface area contributed by atoms with Gasteiger partial charge in [-0.2, -0.15) is 0 Å². The molecular formula is C38H57N3O. The van der Waals surface area contributed by atoms with Gasteiger partial charge in [-0.3, -0.25) is 0 Å². The third-order valence-electron chi connectivity index (χ3n) is 8.97. The minimum absolute atomic E-state index is 0.418. The van der Waals surface area contributed by atoms with Crippen LogP contribution in [-0.4, -0.2) is 19.1 Å². The molecule has 3 aromatic carbocycles. The van der Waals surface area contributed by atoms with Gasteiger partial charge in [0.1, 0.15) is 0 Å². The van der Waals surface area contributed by atoms with Gasteiger partial charge in [-0.15, -0.1) is 0 Å². The largest absolute Gasteiger partial charge is 0.453 e. The fourth-order valence-electron chi connectivity index (χ4n) is 6.40. The Balaban J connectivity index is 1.23. The molecule has 0 spiro atoms. The summed E-state index contributed by atoms with van der Waals surface area (Å²) in [4.78, 5) is 2.35. The van der Waals surface area contributed by atoms with Gasteiger partial charge >= 0.3 is 0 Å². The van der Waals surface area contributed by atoms with E-state index in [1.54, 1.807) is 0 Å². The number of rotatable bonds is 20. The van der Waals surface area contributed by atoms with Gasteiger partial charge in [0.15, 0.2) is 11.5 Å². The summed E-state index contributed by atoms with van der Waals surface area (Å²) in [7, 11) is 0. The second-order valence-corrected chi connectivity index (χ2v) is 12.4. The number of nitrogens with one attached hydrogen (secondary N) is 2. The van der Waals surface area contributed by atoms with Crippen LogP contribution in [0.1, 0.15) is 124 Å². The quantitative estimate of drug-likeness (QED) is 0.103. The molecule has 1 aliphatic heterocycles. The third-order valence-corrected chi connectivity index (χ3v) is 8.97. The summed E-state index contributed by atoms with van der Waals surface area (Å²) in [5.74, 6) is 1.78. The molecule has 0 saturated heterocycles. The Bertz CT molecular complexity index is 1220. The lowest BCUT2D eigenvalue weighted by atomic mass is 10.0. The molecule has 2 N–H and O–H groups in total. The van der Waals surface area contributed by atoms with E-state index in [1.807, 2.05) is 0 Å². The Labute approximate surface area is 256 Å². The Hall–Kier alpha value is -2.88. The fourth-order valence-corrected chi connectivity index (χ4v) is 6.40. The van der Waals surface area contributed by atoms with Gasteiger partial charge in [0.25, 0.3) is 0 Å². The van der Waals surface area contributed by atoms with E-state index in [0.29, 0.717) is 6.04 Å². The average Bonchev–Trinajstić information content (AvgIpc) is 3.01. The van der Waals surface area contributed by atoms with Crippen LogP contribution in [0.25, 0.3) is 10.8 Å². The predicted molar refractivity (Wildman–Crippen MR) is 185 cm³/mol. The van der Waals surface area contributed by atoms with Crippen LogP contribution < -0.4 is 20.3 Å². The molecule has 3 aromatic rings. The lowest BCUT2D eigenvalue weighted by molar-refractivity contribution is 0.482. The first-order valence-electron chi connectivity index (χ1n) is 17.3. The van der Waals surface area contributed by atoms with E-state index >= 15 is 0 Å². The molecule has 42 heavy (non-hydrogen) atoms. The highest BCUT2D eigenvalue weighted by molar-refractivity contribution is 6.06. The fraction of sp³-hybridized carbons (Fsp3) is 0.579. The molecule has 0 amide bonds. The van der Waals surface area contributed by atoms with Crippen LogP contribution in [0.3, 0.4) is 0 Å². The lowest BCUT2D eigenvalue weighted by Gasteiger charge is -2.28. The molecule has 4 nitrogen and oxygen atoms in total. The molecule has 0 bridgehead atoms. The number of hydrogen-bond acceptors (Lipinski definition) is 4. The highest BCUT2D eigenvalue weighted by Gasteiger charge is 2.22. The smallest absolute Gasteiger partial charge is 0.153 e. The van der Waals surface area contributed by atoms with Crippen LogP contribution in [0.4, 0.5) is 22.7 Å². The second-order valence-electron chi connectivity index (χ2n) is 12.4. The van der Waals surface area contributed by atoms with Crippen LogP contribution in [0.15, 0.2) is 48.5 Å². The molecule has 0 fully saturated rings. The van der Waals surface area contributed by atoms with Crippen LogP contribution in [-0.2, 0) is 0 Å². The van der Waals surface area contributed by atoms with E-state index in [2.05, 4.69) is 91.8 Å². The number of fused-ring (bicyclic) bond motifs is 4. The van der Waals surface area contributed by atoms with Crippen molar-refractivity contribution in [3.63, 3.8) is 0 Å². The minimum atomic E-state index is 0.418. The lowest BCUT2D eigenvalue weighted by Crippen LogP contribution is -2.21. The third kappa shape index (κ3) is 9.06. The molecule has 1 aliphatic rings. The standard InChI is InChI=1S/C38H57N3O/c1-5-8-9-10-11-12-13-14-15-16-17-18-19-20-23-30(4)39-35-29-37-38(33-25-22-21-24-32(33)35)40-34-27-26-31(28-36(34)42-37)41(6-2)7-3/h21-22,24-30,39-40H,5-20,23H2,1-4H3. The molecule has 1 atom stereocenters. The van der Waals surface area contributed by atoms with Gasteiger partial charge < -0.3 is 20.3 Å². The maximum atomic E-state index is 6.55. The Kier molecular flexibility index (Phi) is 13.2. The molecule has 1 heterocycles. The Morgan fingerprint density at radius 3 is 1.90 bits per heavy atom. The molecule has 0 aliphatic carbocycles. The van der Waals surface area contributed by atoms with Gasteiger partial charge in [0.2, 0.25) is 0 Å². The summed E-state index contributed by atoms with van der Waals surface area (Å²) in [6, 6.07) is 17.8. The van der Waals surface area contributed by atoms with E-state index in [-0.39, 0.29) is 0 Å². The summed E-state index contributed by atoms with van der Waals surface area (Å²) < 4.78 is 6.55.